The highest BCUT2D eigenvalue weighted by atomic mass is 16.3. The zero-order chi connectivity index (χ0) is 27.6. The van der Waals surface area contributed by atoms with Crippen molar-refractivity contribution in [2.75, 3.05) is 0 Å². The van der Waals surface area contributed by atoms with Crippen LogP contribution in [0.2, 0.25) is 0 Å². The third kappa shape index (κ3) is 5.61. The number of benzene rings is 4. The number of fused-ring (bicyclic) bond motifs is 1. The molecular formula is C34H28N2O3. The van der Waals surface area contributed by atoms with Crippen molar-refractivity contribution >= 4 is 23.1 Å². The van der Waals surface area contributed by atoms with E-state index in [2.05, 4.69) is 44.7 Å². The van der Waals surface area contributed by atoms with Crippen LogP contribution >= 0.6 is 0 Å². The molecule has 5 heteroatoms. The van der Waals surface area contributed by atoms with E-state index in [1.165, 1.54) is 17.7 Å². The smallest absolute Gasteiger partial charge is 0.266 e. The normalized spacial score (nSPS) is 11.5. The van der Waals surface area contributed by atoms with Crippen LogP contribution in [0.15, 0.2) is 95.8 Å². The molecule has 0 aliphatic heterocycles. The summed E-state index contributed by atoms with van der Waals surface area (Å²) in [6.07, 6.45) is 3.33. The molecule has 0 bridgehead atoms. The van der Waals surface area contributed by atoms with Gasteiger partial charge in [-0.05, 0) is 83.8 Å². The molecule has 1 heterocycles. The molecule has 0 aliphatic carbocycles. The Hall–Kier alpha value is -5.08. The summed E-state index contributed by atoms with van der Waals surface area (Å²) in [6, 6.07) is 27.3. The van der Waals surface area contributed by atoms with E-state index in [9.17, 15) is 15.0 Å². The van der Waals surface area contributed by atoms with Gasteiger partial charge in [-0.1, -0.05) is 56.9 Å². The summed E-state index contributed by atoms with van der Waals surface area (Å²) in [7, 11) is 0. The minimum atomic E-state index is -0.201. The summed E-state index contributed by atoms with van der Waals surface area (Å²) in [5, 5.41) is 20.3. The van der Waals surface area contributed by atoms with Crippen molar-refractivity contribution in [1.29, 1.82) is 0 Å². The van der Waals surface area contributed by atoms with Crippen molar-refractivity contribution in [1.82, 2.24) is 9.55 Å². The Labute approximate surface area is 227 Å². The molecule has 4 aromatic carbocycles. The van der Waals surface area contributed by atoms with Crippen molar-refractivity contribution in [3.63, 3.8) is 0 Å². The molecule has 5 rings (SSSR count). The van der Waals surface area contributed by atoms with E-state index in [1.807, 2.05) is 48.5 Å². The van der Waals surface area contributed by atoms with Crippen LogP contribution in [0.4, 0.5) is 0 Å². The minimum absolute atomic E-state index is 0.0319. The Kier molecular flexibility index (Phi) is 6.79. The van der Waals surface area contributed by atoms with Gasteiger partial charge in [0.15, 0.2) is 0 Å². The second-order valence-corrected chi connectivity index (χ2v) is 10.3. The molecular weight excluding hydrogens is 484 g/mol. The number of aromatic nitrogens is 2. The van der Waals surface area contributed by atoms with E-state index in [4.69, 9.17) is 4.98 Å². The van der Waals surface area contributed by atoms with Crippen LogP contribution in [0.1, 0.15) is 48.8 Å². The van der Waals surface area contributed by atoms with Crippen molar-refractivity contribution < 1.29 is 10.2 Å². The van der Waals surface area contributed by atoms with Gasteiger partial charge >= 0.3 is 0 Å². The van der Waals surface area contributed by atoms with Gasteiger partial charge in [0.05, 0.1) is 16.6 Å². The number of rotatable bonds is 3. The second-order valence-electron chi connectivity index (χ2n) is 10.3. The topological polar surface area (TPSA) is 75.3 Å². The summed E-state index contributed by atoms with van der Waals surface area (Å²) >= 11 is 0. The maximum Gasteiger partial charge on any atom is 0.266 e. The molecule has 1 aromatic heterocycles. The molecule has 5 aromatic rings. The molecule has 39 heavy (non-hydrogen) atoms. The highest BCUT2D eigenvalue weighted by Crippen LogP contribution is 2.25. The average molecular weight is 513 g/mol. The monoisotopic (exact) mass is 512 g/mol. The summed E-state index contributed by atoms with van der Waals surface area (Å²) in [5.41, 5.74) is 4.63. The third-order valence-corrected chi connectivity index (χ3v) is 6.46. The molecule has 0 aliphatic rings. The standard InChI is InChI=1S/C34H28N2O3/c1-34(2,3)26-16-10-23(11-17-26)8-9-24-12-18-27(19-13-24)36-32(21-15-25-14-20-28(37)22-31(25)38)35-30-7-5-4-6-29(30)33(36)39/h4-7,10-22,37-38H,1-3H3/b21-15+. The predicted molar refractivity (Wildman–Crippen MR) is 157 cm³/mol. The summed E-state index contributed by atoms with van der Waals surface area (Å²) in [4.78, 5) is 18.3. The lowest BCUT2D eigenvalue weighted by molar-refractivity contribution is 0.450. The maximum atomic E-state index is 13.5. The number of phenols is 2. The Bertz CT molecular complexity index is 1810. The largest absolute Gasteiger partial charge is 0.508 e. The van der Waals surface area contributed by atoms with Crippen molar-refractivity contribution in [3.8, 4) is 29.0 Å². The maximum absolute atomic E-state index is 13.5. The van der Waals surface area contributed by atoms with Crippen LogP contribution < -0.4 is 5.56 Å². The summed E-state index contributed by atoms with van der Waals surface area (Å²) in [6.45, 7) is 6.55. The van der Waals surface area contributed by atoms with Crippen LogP contribution in [-0.2, 0) is 5.41 Å². The van der Waals surface area contributed by atoms with Gasteiger partial charge < -0.3 is 10.2 Å². The van der Waals surface area contributed by atoms with E-state index < -0.39 is 0 Å². The van der Waals surface area contributed by atoms with Crippen LogP contribution in [0.3, 0.4) is 0 Å². The lowest BCUT2D eigenvalue weighted by Gasteiger charge is -2.18. The summed E-state index contributed by atoms with van der Waals surface area (Å²) < 4.78 is 1.54. The van der Waals surface area contributed by atoms with Crippen LogP contribution in [0.25, 0.3) is 28.7 Å². The van der Waals surface area contributed by atoms with Crippen LogP contribution in [-0.4, -0.2) is 19.8 Å². The first-order valence-corrected chi connectivity index (χ1v) is 12.6. The number of para-hydroxylation sites is 1. The highest BCUT2D eigenvalue weighted by Gasteiger charge is 2.13. The number of hydrogen-bond donors (Lipinski definition) is 2. The fourth-order valence-corrected chi connectivity index (χ4v) is 4.24. The Morgan fingerprint density at radius 3 is 2.08 bits per heavy atom. The zero-order valence-electron chi connectivity index (χ0n) is 22.0. The lowest BCUT2D eigenvalue weighted by Crippen LogP contribution is -2.22. The number of hydrogen-bond acceptors (Lipinski definition) is 4. The third-order valence-electron chi connectivity index (χ3n) is 6.46. The van der Waals surface area contributed by atoms with Gasteiger partial charge in [-0.2, -0.15) is 0 Å². The summed E-state index contributed by atoms with van der Waals surface area (Å²) in [5.74, 6) is 6.71. The highest BCUT2D eigenvalue weighted by molar-refractivity contribution is 5.80. The Morgan fingerprint density at radius 1 is 0.795 bits per heavy atom. The Balaban J connectivity index is 1.51. The first-order valence-electron chi connectivity index (χ1n) is 12.6. The Morgan fingerprint density at radius 2 is 1.44 bits per heavy atom. The lowest BCUT2D eigenvalue weighted by atomic mass is 9.87. The molecule has 0 saturated heterocycles. The number of aromatic hydroxyl groups is 2. The van der Waals surface area contributed by atoms with Crippen LogP contribution in [0.5, 0.6) is 11.5 Å². The molecule has 2 N–H and O–H groups in total. The molecule has 0 atom stereocenters. The average Bonchev–Trinajstić information content (AvgIpc) is 2.92. The molecule has 0 spiro atoms. The molecule has 0 amide bonds. The van der Waals surface area contributed by atoms with Gasteiger partial charge in [-0.25, -0.2) is 4.98 Å². The molecule has 0 saturated carbocycles. The predicted octanol–water partition coefficient (Wildman–Crippen LogP) is 6.66. The first-order chi connectivity index (χ1) is 18.7. The van der Waals surface area contributed by atoms with Crippen molar-refractivity contribution in [2.24, 2.45) is 0 Å². The van der Waals surface area contributed by atoms with Gasteiger partial charge in [0.25, 0.3) is 5.56 Å². The minimum Gasteiger partial charge on any atom is -0.508 e. The number of nitrogens with zero attached hydrogens (tertiary/aromatic N) is 2. The fraction of sp³-hybridized carbons (Fsp3) is 0.118. The van der Waals surface area contributed by atoms with E-state index in [0.717, 1.165) is 11.1 Å². The second kappa shape index (κ2) is 10.4. The van der Waals surface area contributed by atoms with Crippen LogP contribution in [0, 0.1) is 11.8 Å². The van der Waals surface area contributed by atoms with E-state index in [-0.39, 0.29) is 22.5 Å². The van der Waals surface area contributed by atoms with Gasteiger partial charge in [-0.3, -0.25) is 9.36 Å². The van der Waals surface area contributed by atoms with E-state index in [0.29, 0.717) is 28.0 Å². The van der Waals surface area contributed by atoms with Gasteiger partial charge in [0, 0.05) is 22.8 Å². The molecule has 0 radical (unpaired) electrons. The SMILES string of the molecule is CC(C)(C)c1ccc(C#Cc2ccc(-n3c(/C=C/c4ccc(O)cc4O)nc4ccccc4c3=O)cc2)cc1. The van der Waals surface area contributed by atoms with Gasteiger partial charge in [0.2, 0.25) is 0 Å². The molecule has 0 fully saturated rings. The van der Waals surface area contributed by atoms with E-state index >= 15 is 0 Å². The first kappa shape index (κ1) is 25.6. The molecule has 0 unspecified atom stereocenters. The van der Waals surface area contributed by atoms with Crippen molar-refractivity contribution in [2.45, 2.75) is 26.2 Å². The molecule has 192 valence electrons. The number of phenolic OH excluding ortho intramolecular Hbond substituents is 2. The van der Waals surface area contributed by atoms with E-state index in [1.54, 1.807) is 34.9 Å². The quantitative estimate of drug-likeness (QED) is 0.265. The van der Waals surface area contributed by atoms with Gasteiger partial charge in [0.1, 0.15) is 17.3 Å². The van der Waals surface area contributed by atoms with Gasteiger partial charge in [-0.15, -0.1) is 0 Å². The zero-order valence-corrected chi connectivity index (χ0v) is 22.0. The fourth-order valence-electron chi connectivity index (χ4n) is 4.24. The van der Waals surface area contributed by atoms with Crippen molar-refractivity contribution in [3.05, 3.63) is 129 Å². The molecule has 5 nitrogen and oxygen atoms in total.